The summed E-state index contributed by atoms with van der Waals surface area (Å²) in [5, 5.41) is 4.90. The average molecular weight is 453 g/mol. The number of esters is 1. The van der Waals surface area contributed by atoms with Crippen molar-refractivity contribution in [3.8, 4) is 0 Å². The summed E-state index contributed by atoms with van der Waals surface area (Å²) in [6.07, 6.45) is 3.98. The highest BCUT2D eigenvalue weighted by atomic mass is 16.5. The number of ether oxygens (including phenoxy) is 1. The zero-order chi connectivity index (χ0) is 23.9. The molecule has 0 aromatic heterocycles. The Labute approximate surface area is 199 Å². The van der Waals surface area contributed by atoms with Gasteiger partial charge in [-0.25, -0.2) is 4.79 Å². The van der Waals surface area contributed by atoms with Crippen molar-refractivity contribution < 1.29 is 14.3 Å². The number of hydrogen-bond acceptors (Lipinski definition) is 5. The van der Waals surface area contributed by atoms with Gasteiger partial charge in [-0.2, -0.15) is 0 Å². The number of carbonyl (C=O) groups is 2. The van der Waals surface area contributed by atoms with Gasteiger partial charge in [0, 0.05) is 35.8 Å². The van der Waals surface area contributed by atoms with Crippen molar-refractivity contribution in [2.45, 2.75) is 13.5 Å². The molecule has 0 aliphatic carbocycles. The Morgan fingerprint density at radius 1 is 0.912 bits per heavy atom. The lowest BCUT2D eigenvalue weighted by atomic mass is 10.00. The summed E-state index contributed by atoms with van der Waals surface area (Å²) in [5.41, 5.74) is 4.51. The maximum Gasteiger partial charge on any atom is 0.379 e. The molecule has 0 bridgehead atoms. The maximum absolute atomic E-state index is 12.9. The number of anilines is 1. The number of ketones is 1. The van der Waals surface area contributed by atoms with E-state index in [1.807, 2.05) is 86.1 Å². The maximum atomic E-state index is 12.9. The van der Waals surface area contributed by atoms with Gasteiger partial charge in [-0.3, -0.25) is 9.69 Å². The molecular formula is C29H28N2O3. The standard InChI is InChI=1S/C29H28N2O3/c1-21(28(32)29(33)34-17-16-31(2)20-22-10-5-3-6-11-22)25-14-9-15-27-26(25)18-24(19-30-27)23-12-7-4-8-13-23/h3-15,18-19,30H,16-17,20H2,1-2H3/b25-21+. The summed E-state index contributed by atoms with van der Waals surface area (Å²) in [7, 11) is 1.96. The van der Waals surface area contributed by atoms with Crippen molar-refractivity contribution in [3.05, 3.63) is 107 Å². The van der Waals surface area contributed by atoms with E-state index in [0.29, 0.717) is 12.1 Å². The molecule has 0 amide bonds. The van der Waals surface area contributed by atoms with Gasteiger partial charge in [0.15, 0.2) is 0 Å². The van der Waals surface area contributed by atoms with Crippen LogP contribution in [0.25, 0.3) is 17.2 Å². The molecule has 0 spiro atoms. The molecule has 1 heterocycles. The second-order valence-corrected chi connectivity index (χ2v) is 8.33. The summed E-state index contributed by atoms with van der Waals surface area (Å²) in [6.45, 7) is 3.11. The lowest BCUT2D eigenvalue weighted by Gasteiger charge is -2.16. The summed E-state index contributed by atoms with van der Waals surface area (Å²) in [4.78, 5) is 27.4. The fourth-order valence-electron chi connectivity index (χ4n) is 3.93. The van der Waals surface area contributed by atoms with Crippen LogP contribution in [0.4, 0.5) is 5.69 Å². The van der Waals surface area contributed by atoms with E-state index < -0.39 is 11.8 Å². The topological polar surface area (TPSA) is 58.6 Å². The molecule has 3 aromatic carbocycles. The van der Waals surface area contributed by atoms with E-state index >= 15 is 0 Å². The number of benzene rings is 3. The Morgan fingerprint density at radius 2 is 1.62 bits per heavy atom. The van der Waals surface area contributed by atoms with Gasteiger partial charge in [0.2, 0.25) is 0 Å². The Balaban J connectivity index is 1.47. The van der Waals surface area contributed by atoms with E-state index in [1.165, 1.54) is 5.56 Å². The van der Waals surface area contributed by atoms with Gasteiger partial charge in [0.05, 0.1) is 0 Å². The summed E-state index contributed by atoms with van der Waals surface area (Å²) in [6, 6.07) is 25.8. The first kappa shape index (κ1) is 23.2. The van der Waals surface area contributed by atoms with Crippen LogP contribution in [-0.2, 0) is 20.9 Å². The van der Waals surface area contributed by atoms with E-state index in [0.717, 1.165) is 33.8 Å². The number of fused-ring (bicyclic) bond motifs is 1. The average Bonchev–Trinajstić information content (AvgIpc) is 2.88. The van der Waals surface area contributed by atoms with Gasteiger partial charge in [-0.15, -0.1) is 0 Å². The van der Waals surface area contributed by atoms with E-state index in [9.17, 15) is 9.59 Å². The second-order valence-electron chi connectivity index (χ2n) is 8.33. The molecule has 1 aliphatic rings. The number of Topliss-reactive ketones (excluding diaryl/α,β-unsaturated/α-hetero) is 1. The predicted octanol–water partition coefficient (Wildman–Crippen LogP) is 3.35. The van der Waals surface area contributed by atoms with Crippen molar-refractivity contribution in [1.29, 1.82) is 0 Å². The lowest BCUT2D eigenvalue weighted by molar-refractivity contribution is -0.151. The van der Waals surface area contributed by atoms with Crippen LogP contribution < -0.4 is 15.8 Å². The highest BCUT2D eigenvalue weighted by molar-refractivity contribution is 6.49. The van der Waals surface area contributed by atoms with Gasteiger partial charge >= 0.3 is 5.97 Å². The molecule has 3 aromatic rings. The number of nitrogens with one attached hydrogen (secondary N) is 1. The van der Waals surface area contributed by atoms with Crippen LogP contribution in [0, 0.1) is 0 Å². The zero-order valence-electron chi connectivity index (χ0n) is 19.5. The molecule has 34 heavy (non-hydrogen) atoms. The number of nitrogens with zero attached hydrogens (tertiary/aromatic N) is 1. The van der Waals surface area contributed by atoms with Crippen LogP contribution >= 0.6 is 0 Å². The molecule has 0 atom stereocenters. The monoisotopic (exact) mass is 452 g/mol. The molecule has 0 unspecified atom stereocenters. The smallest absolute Gasteiger partial charge is 0.379 e. The molecule has 0 radical (unpaired) electrons. The Kier molecular flexibility index (Phi) is 7.35. The SMILES string of the molecule is C/C(C(=O)C(=O)OCCN(C)Cc1ccccc1)=c1/cccc2c1=CC(c1ccccc1)=CN2. The van der Waals surface area contributed by atoms with E-state index in [4.69, 9.17) is 4.74 Å². The number of rotatable bonds is 8. The highest BCUT2D eigenvalue weighted by Crippen LogP contribution is 2.18. The van der Waals surface area contributed by atoms with Crippen LogP contribution in [0.3, 0.4) is 0 Å². The van der Waals surface area contributed by atoms with Crippen molar-refractivity contribution in [3.63, 3.8) is 0 Å². The highest BCUT2D eigenvalue weighted by Gasteiger charge is 2.19. The molecule has 0 saturated carbocycles. The van der Waals surface area contributed by atoms with E-state index in [-0.39, 0.29) is 6.61 Å². The molecule has 5 nitrogen and oxygen atoms in total. The third-order valence-corrected chi connectivity index (χ3v) is 5.83. The fourth-order valence-corrected chi connectivity index (χ4v) is 3.93. The molecule has 4 rings (SSSR count). The lowest BCUT2D eigenvalue weighted by Crippen LogP contribution is -2.34. The third-order valence-electron chi connectivity index (χ3n) is 5.83. The quantitative estimate of drug-likeness (QED) is 0.420. The van der Waals surface area contributed by atoms with Crippen LogP contribution in [0.15, 0.2) is 85.1 Å². The first-order valence-electron chi connectivity index (χ1n) is 11.3. The van der Waals surface area contributed by atoms with Gasteiger partial charge in [-0.1, -0.05) is 72.8 Å². The van der Waals surface area contributed by atoms with Crippen molar-refractivity contribution in [1.82, 2.24) is 4.90 Å². The van der Waals surface area contributed by atoms with Crippen LogP contribution in [0.1, 0.15) is 18.1 Å². The number of hydrogen-bond donors (Lipinski definition) is 1. The molecular weight excluding hydrogens is 424 g/mol. The third kappa shape index (κ3) is 5.50. The molecule has 0 fully saturated rings. The Hall–Kier alpha value is -3.96. The zero-order valence-corrected chi connectivity index (χ0v) is 19.5. The minimum atomic E-state index is -0.828. The van der Waals surface area contributed by atoms with Crippen LogP contribution in [-0.4, -0.2) is 36.9 Å². The van der Waals surface area contributed by atoms with E-state index in [1.54, 1.807) is 6.92 Å². The van der Waals surface area contributed by atoms with Crippen LogP contribution in [0.5, 0.6) is 0 Å². The molecule has 172 valence electrons. The van der Waals surface area contributed by atoms with Crippen LogP contribution in [0.2, 0.25) is 0 Å². The minimum Gasteiger partial charge on any atom is -0.458 e. The first-order valence-corrected chi connectivity index (χ1v) is 11.3. The van der Waals surface area contributed by atoms with Gasteiger partial charge in [0.25, 0.3) is 5.78 Å². The molecule has 1 aliphatic heterocycles. The Morgan fingerprint density at radius 3 is 2.35 bits per heavy atom. The summed E-state index contributed by atoms with van der Waals surface area (Å²) >= 11 is 0. The van der Waals surface area contributed by atoms with Gasteiger partial charge < -0.3 is 10.1 Å². The van der Waals surface area contributed by atoms with Gasteiger partial charge in [0.1, 0.15) is 6.61 Å². The predicted molar refractivity (Wildman–Crippen MR) is 136 cm³/mol. The van der Waals surface area contributed by atoms with Crippen molar-refractivity contribution >= 4 is 34.7 Å². The van der Waals surface area contributed by atoms with Crippen molar-refractivity contribution in [2.24, 2.45) is 0 Å². The summed E-state index contributed by atoms with van der Waals surface area (Å²) in [5.74, 6) is -1.45. The number of allylic oxidation sites excluding steroid dienone is 1. The summed E-state index contributed by atoms with van der Waals surface area (Å²) < 4.78 is 5.30. The van der Waals surface area contributed by atoms with Crippen molar-refractivity contribution in [2.75, 3.05) is 25.5 Å². The van der Waals surface area contributed by atoms with E-state index in [2.05, 4.69) is 22.3 Å². The molecule has 0 saturated heterocycles. The number of likely N-dealkylation sites (N-methyl/N-ethyl adjacent to an activating group) is 1. The largest absolute Gasteiger partial charge is 0.458 e. The number of carbonyl (C=O) groups excluding carboxylic acids is 2. The fraction of sp³-hybridized carbons (Fsp3) is 0.172. The Bertz CT molecular complexity index is 1330. The minimum absolute atomic E-state index is 0.155. The molecule has 5 heteroatoms. The second kappa shape index (κ2) is 10.8. The molecule has 1 N–H and O–H groups in total. The normalized spacial score (nSPS) is 13.2. The van der Waals surface area contributed by atoms with Gasteiger partial charge in [-0.05, 0) is 48.0 Å². The first-order chi connectivity index (χ1) is 16.5.